The number of ether oxygens (including phenoxy) is 3. The van der Waals surface area contributed by atoms with Crippen molar-refractivity contribution in [1.29, 1.82) is 0 Å². The van der Waals surface area contributed by atoms with Gasteiger partial charge in [-0.05, 0) is 42.8 Å². The van der Waals surface area contributed by atoms with E-state index < -0.39 is 22.6 Å². The second-order valence-corrected chi connectivity index (χ2v) is 8.84. The number of esters is 1. The highest BCUT2D eigenvalue weighted by Crippen LogP contribution is 2.35. The van der Waals surface area contributed by atoms with E-state index in [1.807, 2.05) is 0 Å². The van der Waals surface area contributed by atoms with Gasteiger partial charge in [0.15, 0.2) is 11.9 Å². The molecule has 0 N–H and O–H groups in total. The number of hydrogen-bond donors (Lipinski definition) is 0. The molecule has 182 valence electrons. The minimum absolute atomic E-state index is 0.0255. The first-order chi connectivity index (χ1) is 16.0. The van der Waals surface area contributed by atoms with Gasteiger partial charge in [-0.25, -0.2) is 9.59 Å². The summed E-state index contributed by atoms with van der Waals surface area (Å²) in [5.74, 6) is -0.746. The van der Waals surface area contributed by atoms with Crippen molar-refractivity contribution in [2.24, 2.45) is 0 Å². The van der Waals surface area contributed by atoms with E-state index in [2.05, 4.69) is 4.98 Å². The molecule has 34 heavy (non-hydrogen) atoms. The van der Waals surface area contributed by atoms with Crippen molar-refractivity contribution in [3.8, 4) is 11.5 Å². The Labute approximate surface area is 201 Å². The van der Waals surface area contributed by atoms with Crippen molar-refractivity contribution in [2.75, 3.05) is 38.2 Å². The number of amides is 1. The third kappa shape index (κ3) is 5.84. The number of aromatic nitrogens is 1. The van der Waals surface area contributed by atoms with Gasteiger partial charge in [-0.1, -0.05) is 17.7 Å². The van der Waals surface area contributed by atoms with Crippen LogP contribution in [0, 0.1) is 10.1 Å². The molecule has 11 nitrogen and oxygen atoms in total. The van der Waals surface area contributed by atoms with E-state index in [0.29, 0.717) is 26.2 Å². The number of halogens is 1. The number of anilines is 1. The van der Waals surface area contributed by atoms with Crippen molar-refractivity contribution in [1.82, 2.24) is 9.88 Å². The van der Waals surface area contributed by atoms with Crippen molar-refractivity contribution < 1.29 is 28.7 Å². The lowest BCUT2D eigenvalue weighted by atomic mass is 10.2. The largest absolute Gasteiger partial charge is 0.465 e. The summed E-state index contributed by atoms with van der Waals surface area (Å²) in [6.07, 6.45) is 0.758. The number of hydrogen-bond acceptors (Lipinski definition) is 9. The fourth-order valence-electron chi connectivity index (χ4n) is 3.33. The molecule has 2 aromatic rings. The molecule has 3 rings (SSSR count). The molecule has 0 bridgehead atoms. The van der Waals surface area contributed by atoms with Gasteiger partial charge in [-0.2, -0.15) is 0 Å². The van der Waals surface area contributed by atoms with Crippen LogP contribution >= 0.6 is 11.6 Å². The third-order valence-electron chi connectivity index (χ3n) is 4.86. The van der Waals surface area contributed by atoms with Gasteiger partial charge in [0.05, 0.1) is 12.1 Å². The van der Waals surface area contributed by atoms with Crippen LogP contribution in [0.3, 0.4) is 0 Å². The number of rotatable bonds is 5. The molecule has 0 spiro atoms. The SMILES string of the molecule is COC(=O)c1c(Cl)cccc1Oc1cnc([N+](=O)[O-])c(N2CCN(C(=O)OC(C)(C)C)CC2)c1. The Morgan fingerprint density at radius 3 is 2.44 bits per heavy atom. The fraction of sp³-hybridized carbons (Fsp3) is 0.409. The van der Waals surface area contributed by atoms with Crippen molar-refractivity contribution >= 4 is 35.2 Å². The van der Waals surface area contributed by atoms with Gasteiger partial charge in [-0.3, -0.25) is 0 Å². The average Bonchev–Trinajstić information content (AvgIpc) is 2.77. The zero-order chi connectivity index (χ0) is 25.0. The zero-order valence-corrected chi connectivity index (χ0v) is 20.0. The molecule has 0 saturated carbocycles. The van der Waals surface area contributed by atoms with Crippen LogP contribution in [0.25, 0.3) is 0 Å². The van der Waals surface area contributed by atoms with Gasteiger partial charge in [0.1, 0.15) is 22.6 Å². The van der Waals surface area contributed by atoms with Gasteiger partial charge in [0.25, 0.3) is 0 Å². The van der Waals surface area contributed by atoms with Crippen molar-refractivity contribution in [3.05, 3.63) is 51.2 Å². The number of carbonyl (C=O) groups is 2. The van der Waals surface area contributed by atoms with E-state index in [1.54, 1.807) is 36.6 Å². The molecule has 1 amide bonds. The fourth-order valence-corrected chi connectivity index (χ4v) is 3.57. The molecular formula is C22H25ClN4O7. The first-order valence-corrected chi connectivity index (χ1v) is 10.8. The van der Waals surface area contributed by atoms with Gasteiger partial charge in [-0.15, -0.1) is 0 Å². The molecule has 1 aromatic heterocycles. The third-order valence-corrected chi connectivity index (χ3v) is 5.17. The summed E-state index contributed by atoms with van der Waals surface area (Å²) in [4.78, 5) is 42.7. The summed E-state index contributed by atoms with van der Waals surface area (Å²) >= 11 is 6.13. The number of carbonyl (C=O) groups excluding carboxylic acids is 2. The number of piperazine rings is 1. The molecule has 0 unspecified atom stereocenters. The van der Waals surface area contributed by atoms with Crippen LogP contribution in [-0.2, 0) is 9.47 Å². The maximum absolute atomic E-state index is 12.3. The first kappa shape index (κ1) is 25.0. The van der Waals surface area contributed by atoms with E-state index in [4.69, 9.17) is 25.8 Å². The Morgan fingerprint density at radius 1 is 1.18 bits per heavy atom. The number of benzene rings is 1. The highest BCUT2D eigenvalue weighted by molar-refractivity contribution is 6.34. The topological polar surface area (TPSA) is 124 Å². The molecule has 2 heterocycles. The normalized spacial score (nSPS) is 13.9. The molecule has 0 aliphatic carbocycles. The summed E-state index contributed by atoms with van der Waals surface area (Å²) in [5.41, 5.74) is -0.364. The van der Waals surface area contributed by atoms with Crippen LogP contribution in [0.15, 0.2) is 30.5 Å². The van der Waals surface area contributed by atoms with Crippen molar-refractivity contribution in [3.63, 3.8) is 0 Å². The molecule has 1 aliphatic heterocycles. The second-order valence-electron chi connectivity index (χ2n) is 8.43. The second kappa shape index (κ2) is 10.1. The Bertz CT molecular complexity index is 1100. The summed E-state index contributed by atoms with van der Waals surface area (Å²) < 4.78 is 16.0. The van der Waals surface area contributed by atoms with Gasteiger partial charge >= 0.3 is 17.9 Å². The number of nitro groups is 1. The lowest BCUT2D eigenvalue weighted by Crippen LogP contribution is -2.50. The maximum Gasteiger partial charge on any atom is 0.410 e. The predicted molar refractivity (Wildman–Crippen MR) is 124 cm³/mol. The first-order valence-electron chi connectivity index (χ1n) is 10.4. The van der Waals surface area contributed by atoms with Crippen LogP contribution in [0.4, 0.5) is 16.3 Å². The minimum atomic E-state index is -0.686. The number of nitrogens with zero attached hydrogens (tertiary/aromatic N) is 4. The Hall–Kier alpha value is -3.60. The quantitative estimate of drug-likeness (QED) is 0.341. The molecule has 1 saturated heterocycles. The van der Waals surface area contributed by atoms with Gasteiger partial charge in [0, 0.05) is 32.2 Å². The van der Waals surface area contributed by atoms with E-state index in [-0.39, 0.29) is 33.6 Å². The molecule has 1 aliphatic rings. The molecule has 1 fully saturated rings. The van der Waals surface area contributed by atoms with Crippen LogP contribution < -0.4 is 9.64 Å². The molecule has 12 heteroatoms. The number of pyridine rings is 1. The van der Waals surface area contributed by atoms with Crippen LogP contribution in [0.5, 0.6) is 11.5 Å². The standard InChI is InChI=1S/C22H25ClN4O7/c1-22(2,3)34-21(29)26-10-8-25(9-11-26)16-12-14(13-24-19(16)27(30)31)33-17-7-5-6-15(23)18(17)20(28)32-4/h5-7,12-13H,8-11H2,1-4H3. The van der Waals surface area contributed by atoms with Crippen LogP contribution in [0.1, 0.15) is 31.1 Å². The Balaban J connectivity index is 1.84. The summed E-state index contributed by atoms with van der Waals surface area (Å²) in [5, 5.41) is 11.7. The van der Waals surface area contributed by atoms with Crippen LogP contribution in [-0.4, -0.2) is 65.8 Å². The monoisotopic (exact) mass is 492 g/mol. The number of methoxy groups -OCH3 is 1. The lowest BCUT2D eigenvalue weighted by molar-refractivity contribution is -0.388. The Morgan fingerprint density at radius 2 is 1.85 bits per heavy atom. The highest BCUT2D eigenvalue weighted by atomic mass is 35.5. The average molecular weight is 493 g/mol. The zero-order valence-electron chi connectivity index (χ0n) is 19.2. The Kier molecular flexibility index (Phi) is 7.45. The molecule has 0 atom stereocenters. The van der Waals surface area contributed by atoms with Gasteiger partial charge < -0.3 is 34.1 Å². The van der Waals surface area contributed by atoms with Gasteiger partial charge in [0.2, 0.25) is 0 Å². The van der Waals surface area contributed by atoms with Crippen LogP contribution in [0.2, 0.25) is 5.02 Å². The van der Waals surface area contributed by atoms with E-state index in [9.17, 15) is 19.7 Å². The van der Waals surface area contributed by atoms with E-state index >= 15 is 0 Å². The van der Waals surface area contributed by atoms with Crippen molar-refractivity contribution in [2.45, 2.75) is 26.4 Å². The van der Waals surface area contributed by atoms with E-state index in [1.165, 1.54) is 31.5 Å². The molecular weight excluding hydrogens is 468 g/mol. The predicted octanol–water partition coefficient (Wildman–Crippen LogP) is 4.28. The van der Waals surface area contributed by atoms with E-state index in [0.717, 1.165) is 0 Å². The summed E-state index contributed by atoms with van der Waals surface area (Å²) in [7, 11) is 1.22. The maximum atomic E-state index is 12.3. The minimum Gasteiger partial charge on any atom is -0.465 e. The summed E-state index contributed by atoms with van der Waals surface area (Å²) in [6.45, 7) is 6.65. The molecule has 0 radical (unpaired) electrons. The smallest absolute Gasteiger partial charge is 0.410 e. The molecule has 1 aromatic carbocycles. The highest BCUT2D eigenvalue weighted by Gasteiger charge is 2.30. The summed E-state index contributed by atoms with van der Waals surface area (Å²) in [6, 6.07) is 6.11. The lowest BCUT2D eigenvalue weighted by Gasteiger charge is -2.36.